The largest absolute Gasteiger partial charge is 0.309 e. The Bertz CT molecular complexity index is 3930. The molecule has 0 aliphatic rings. The Balaban J connectivity index is 0.919. The summed E-state index contributed by atoms with van der Waals surface area (Å²) < 4.78 is 4.78. The van der Waals surface area contributed by atoms with E-state index in [9.17, 15) is 0 Å². The summed E-state index contributed by atoms with van der Waals surface area (Å²) >= 11 is 0. The van der Waals surface area contributed by atoms with Crippen molar-refractivity contribution in [1.29, 1.82) is 0 Å². The molecule has 0 bridgehead atoms. The number of nitrogens with zero attached hydrogens (tertiary/aromatic N) is 4. The van der Waals surface area contributed by atoms with Crippen molar-refractivity contribution in [2.24, 2.45) is 0 Å². The topological polar surface area (TPSA) is 35.6 Å². The van der Waals surface area contributed by atoms with Crippen LogP contribution in [0.4, 0.5) is 0 Å². The fourth-order valence-corrected chi connectivity index (χ4v) is 9.81. The zero-order valence-corrected chi connectivity index (χ0v) is 38.2. The zero-order chi connectivity index (χ0) is 46.3. The molecule has 0 saturated carbocycles. The van der Waals surface area contributed by atoms with Gasteiger partial charge in [-0.15, -0.1) is 0 Å². The number of hydrogen-bond acceptors (Lipinski definition) is 2. The summed E-state index contributed by atoms with van der Waals surface area (Å²) in [4.78, 5) is 10.0. The van der Waals surface area contributed by atoms with Crippen LogP contribution in [0.5, 0.6) is 0 Å². The van der Waals surface area contributed by atoms with Crippen molar-refractivity contribution in [3.8, 4) is 67.4 Å². The average molecular weight is 883 g/mol. The lowest BCUT2D eigenvalue weighted by Crippen LogP contribution is -1.97. The molecule has 0 atom stereocenters. The molecular weight excluding hydrogens is 837 g/mol. The van der Waals surface area contributed by atoms with Crippen LogP contribution in [0.3, 0.4) is 0 Å². The SMILES string of the molecule is C=C/C=C\C=C(/C)c1cc(-c2ccc(-c3ccc(-n4c5ccc(-c6ccccc6)cc5c5cc(-c6ccc7c(c6)c6ccccc6n7-c6ccccc6)ccc54)cc3)cc2)nc(-c2ccccc2)n1. The van der Waals surface area contributed by atoms with E-state index in [2.05, 4.69) is 235 Å². The van der Waals surface area contributed by atoms with Crippen molar-refractivity contribution in [1.82, 2.24) is 19.1 Å². The third-order valence-corrected chi connectivity index (χ3v) is 13.3. The van der Waals surface area contributed by atoms with E-state index in [0.29, 0.717) is 5.82 Å². The van der Waals surface area contributed by atoms with E-state index in [0.717, 1.165) is 50.6 Å². The van der Waals surface area contributed by atoms with Crippen molar-refractivity contribution in [2.45, 2.75) is 6.92 Å². The van der Waals surface area contributed by atoms with E-state index < -0.39 is 0 Å². The number of allylic oxidation sites excluding steroid dienone is 5. The molecule has 326 valence electrons. The molecule has 0 aliphatic heterocycles. The summed E-state index contributed by atoms with van der Waals surface area (Å²) in [5.41, 5.74) is 18.9. The fourth-order valence-electron chi connectivity index (χ4n) is 9.81. The maximum Gasteiger partial charge on any atom is 0.160 e. The molecule has 0 aliphatic carbocycles. The Morgan fingerprint density at radius 1 is 0.377 bits per heavy atom. The predicted molar refractivity (Wildman–Crippen MR) is 291 cm³/mol. The lowest BCUT2D eigenvalue weighted by Gasteiger charge is -2.11. The van der Waals surface area contributed by atoms with Gasteiger partial charge in [-0.05, 0) is 119 Å². The van der Waals surface area contributed by atoms with Gasteiger partial charge in [0.15, 0.2) is 5.82 Å². The van der Waals surface area contributed by atoms with Crippen molar-refractivity contribution in [3.05, 3.63) is 261 Å². The fraction of sp³-hybridized carbons (Fsp3) is 0.0154. The Hall–Kier alpha value is -9.12. The van der Waals surface area contributed by atoms with Gasteiger partial charge < -0.3 is 9.13 Å². The molecule has 69 heavy (non-hydrogen) atoms. The van der Waals surface area contributed by atoms with Crippen LogP contribution in [0.15, 0.2) is 255 Å². The Morgan fingerprint density at radius 2 is 0.812 bits per heavy atom. The highest BCUT2D eigenvalue weighted by molar-refractivity contribution is 6.13. The predicted octanol–water partition coefficient (Wildman–Crippen LogP) is 17.2. The molecule has 3 heterocycles. The third-order valence-electron chi connectivity index (χ3n) is 13.3. The van der Waals surface area contributed by atoms with Crippen molar-refractivity contribution >= 4 is 49.2 Å². The molecule has 4 heteroatoms. The van der Waals surface area contributed by atoms with E-state index in [1.165, 1.54) is 65.9 Å². The van der Waals surface area contributed by atoms with Crippen molar-refractivity contribution < 1.29 is 0 Å². The molecule has 0 saturated heterocycles. The summed E-state index contributed by atoms with van der Waals surface area (Å²) in [5.74, 6) is 0.700. The number of fused-ring (bicyclic) bond motifs is 6. The normalized spacial score (nSPS) is 11.9. The summed E-state index contributed by atoms with van der Waals surface area (Å²) in [7, 11) is 0. The van der Waals surface area contributed by atoms with E-state index >= 15 is 0 Å². The maximum atomic E-state index is 5.05. The molecule has 0 N–H and O–H groups in total. The number of rotatable bonds is 10. The minimum Gasteiger partial charge on any atom is -0.309 e. The Labute approximate surface area is 401 Å². The molecule has 4 nitrogen and oxygen atoms in total. The van der Waals surface area contributed by atoms with Gasteiger partial charge in [-0.2, -0.15) is 0 Å². The summed E-state index contributed by atoms with van der Waals surface area (Å²) in [5, 5.41) is 4.92. The third kappa shape index (κ3) is 7.64. The number of benzene rings is 9. The van der Waals surface area contributed by atoms with Crippen LogP contribution in [0.25, 0.3) is 117 Å². The molecule has 0 fully saturated rings. The summed E-state index contributed by atoms with van der Waals surface area (Å²) in [6.45, 7) is 5.88. The molecule has 0 amide bonds. The molecular formula is C65H46N4. The molecule has 0 unspecified atom stereocenters. The molecule has 12 rings (SSSR count). The van der Waals surface area contributed by atoms with E-state index in [-0.39, 0.29) is 0 Å². The van der Waals surface area contributed by atoms with Gasteiger partial charge >= 0.3 is 0 Å². The van der Waals surface area contributed by atoms with Crippen LogP contribution in [0, 0.1) is 0 Å². The van der Waals surface area contributed by atoms with Gasteiger partial charge in [-0.3, -0.25) is 0 Å². The molecule has 3 aromatic heterocycles. The van der Waals surface area contributed by atoms with Crippen molar-refractivity contribution in [2.75, 3.05) is 0 Å². The first kappa shape index (κ1) is 41.3. The number of aromatic nitrogens is 4. The van der Waals surface area contributed by atoms with Crippen LogP contribution in [-0.2, 0) is 0 Å². The van der Waals surface area contributed by atoms with E-state index in [1.807, 2.05) is 30.4 Å². The maximum absolute atomic E-state index is 5.05. The molecule has 12 aromatic rings. The van der Waals surface area contributed by atoms with Crippen LogP contribution < -0.4 is 0 Å². The van der Waals surface area contributed by atoms with Crippen LogP contribution in [0.2, 0.25) is 0 Å². The summed E-state index contributed by atoms with van der Waals surface area (Å²) in [6, 6.07) is 80.7. The Kier molecular flexibility index (Phi) is 10.5. The lowest BCUT2D eigenvalue weighted by atomic mass is 9.99. The minimum absolute atomic E-state index is 0.700. The van der Waals surface area contributed by atoms with E-state index in [1.54, 1.807) is 6.08 Å². The second kappa shape index (κ2) is 17.6. The van der Waals surface area contributed by atoms with Crippen LogP contribution >= 0.6 is 0 Å². The van der Waals surface area contributed by atoms with Gasteiger partial charge in [0.1, 0.15) is 0 Å². The first-order valence-electron chi connectivity index (χ1n) is 23.4. The quantitative estimate of drug-likeness (QED) is 0.128. The first-order chi connectivity index (χ1) is 34.1. The summed E-state index contributed by atoms with van der Waals surface area (Å²) in [6.07, 6.45) is 7.74. The first-order valence-corrected chi connectivity index (χ1v) is 23.4. The number of para-hydroxylation sites is 2. The monoisotopic (exact) mass is 882 g/mol. The van der Waals surface area contributed by atoms with Gasteiger partial charge in [0.25, 0.3) is 0 Å². The smallest absolute Gasteiger partial charge is 0.160 e. The zero-order valence-electron chi connectivity index (χ0n) is 38.2. The van der Waals surface area contributed by atoms with Crippen LogP contribution in [-0.4, -0.2) is 19.1 Å². The van der Waals surface area contributed by atoms with E-state index in [4.69, 9.17) is 9.97 Å². The van der Waals surface area contributed by atoms with Crippen LogP contribution in [0.1, 0.15) is 12.6 Å². The minimum atomic E-state index is 0.700. The molecule has 9 aromatic carbocycles. The second-order valence-electron chi connectivity index (χ2n) is 17.5. The highest BCUT2D eigenvalue weighted by Gasteiger charge is 2.18. The molecule has 0 radical (unpaired) electrons. The Morgan fingerprint density at radius 3 is 1.41 bits per heavy atom. The standard InChI is InChI=1S/C65H46N4/c1-3-4-8-17-44(2)59-43-60(67-65(66-59)49-20-11-6-12-21-49)48-28-26-46(27-29-48)47-30-35-54(36-31-47)69-63-37-32-50(45-18-9-5-10-19-45)40-57(63)58-42-52(34-39-64(58)69)51-33-38-62-56(41-51)55-24-15-16-25-61(55)68(62)53-22-13-7-14-23-53/h3-43H,1H2,2H3/b8-4-,44-17+. The van der Waals surface area contributed by atoms with Gasteiger partial charge in [0.05, 0.1) is 33.5 Å². The van der Waals surface area contributed by atoms with Gasteiger partial charge in [0, 0.05) is 44.0 Å². The second-order valence-corrected chi connectivity index (χ2v) is 17.5. The van der Waals surface area contributed by atoms with Gasteiger partial charge in [-0.25, -0.2) is 9.97 Å². The number of hydrogen-bond donors (Lipinski definition) is 0. The van der Waals surface area contributed by atoms with Gasteiger partial charge in [0.2, 0.25) is 0 Å². The lowest BCUT2D eigenvalue weighted by molar-refractivity contribution is 1.15. The molecule has 0 spiro atoms. The highest BCUT2D eigenvalue weighted by Crippen LogP contribution is 2.40. The van der Waals surface area contributed by atoms with Crippen molar-refractivity contribution in [3.63, 3.8) is 0 Å². The highest BCUT2D eigenvalue weighted by atomic mass is 15.0. The average Bonchev–Trinajstić information content (AvgIpc) is 3.93. The van der Waals surface area contributed by atoms with Gasteiger partial charge in [-0.1, -0.05) is 183 Å².